The molecule has 1 aromatic heterocycles. The number of carbonyl (C=O) groups excluding carboxylic acids is 1. The van der Waals surface area contributed by atoms with Gasteiger partial charge in [-0.2, -0.15) is 0 Å². The highest BCUT2D eigenvalue weighted by Crippen LogP contribution is 2.26. The molecule has 0 saturated heterocycles. The van der Waals surface area contributed by atoms with E-state index in [4.69, 9.17) is 23.8 Å². The van der Waals surface area contributed by atoms with Gasteiger partial charge < -0.3 is 10.3 Å². The van der Waals surface area contributed by atoms with Gasteiger partial charge in [0, 0.05) is 16.6 Å². The summed E-state index contributed by atoms with van der Waals surface area (Å²) in [5.74, 6) is -2.17. The molecule has 0 fully saturated rings. The molecular formula is C12H9ClF2N2OS2. The highest BCUT2D eigenvalue weighted by molar-refractivity contribution is 7.73. The number of H-pyrrole nitrogens is 1. The normalized spacial score (nSPS) is 10.6. The van der Waals surface area contributed by atoms with Crippen molar-refractivity contribution in [3.8, 4) is 0 Å². The van der Waals surface area contributed by atoms with Crippen molar-refractivity contribution in [3.63, 3.8) is 0 Å². The molecule has 0 radical (unpaired) electrons. The van der Waals surface area contributed by atoms with E-state index in [9.17, 15) is 13.6 Å². The van der Waals surface area contributed by atoms with Gasteiger partial charge in [-0.3, -0.25) is 4.79 Å². The molecule has 2 N–H and O–H groups in total. The zero-order chi connectivity index (χ0) is 14.9. The van der Waals surface area contributed by atoms with Crippen molar-refractivity contribution in [2.75, 3.05) is 5.32 Å². The molecule has 0 aliphatic heterocycles. The fourth-order valence-corrected chi connectivity index (χ4v) is 3.13. The Hall–Kier alpha value is -1.31. The maximum atomic E-state index is 13.5. The maximum Gasteiger partial charge on any atom is 0.229 e. The molecule has 0 bridgehead atoms. The Bertz CT molecular complexity index is 703. The topological polar surface area (TPSA) is 44.9 Å². The fourth-order valence-electron chi connectivity index (χ4n) is 1.60. The SMILES string of the molecule is Cc1[nH]c(=S)sc1CC(=O)Nc1c(F)cc(F)cc1Cl. The minimum Gasteiger partial charge on any atom is -0.341 e. The molecule has 0 saturated carbocycles. The predicted octanol–water partition coefficient (Wildman–Crippen LogP) is 4.23. The quantitative estimate of drug-likeness (QED) is 0.825. The number of hydrogen-bond donors (Lipinski definition) is 2. The van der Waals surface area contributed by atoms with Gasteiger partial charge in [0.05, 0.1) is 17.1 Å². The Morgan fingerprint density at radius 2 is 2.20 bits per heavy atom. The van der Waals surface area contributed by atoms with Crippen molar-refractivity contribution >= 4 is 46.8 Å². The van der Waals surface area contributed by atoms with E-state index in [-0.39, 0.29) is 17.1 Å². The zero-order valence-electron chi connectivity index (χ0n) is 10.2. The van der Waals surface area contributed by atoms with Crippen molar-refractivity contribution < 1.29 is 13.6 Å². The van der Waals surface area contributed by atoms with Crippen LogP contribution < -0.4 is 5.32 Å². The van der Waals surface area contributed by atoms with E-state index in [1.54, 1.807) is 6.92 Å². The standard InChI is InChI=1S/C12H9ClF2N2OS2/c1-5-9(20-12(19)16-5)4-10(18)17-11-7(13)2-6(14)3-8(11)15/h2-3H,4H2,1H3,(H,16,19)(H,17,18). The molecule has 1 amide bonds. The predicted molar refractivity (Wildman–Crippen MR) is 77.9 cm³/mol. The van der Waals surface area contributed by atoms with E-state index in [2.05, 4.69) is 10.3 Å². The second kappa shape index (κ2) is 5.99. The summed E-state index contributed by atoms with van der Waals surface area (Å²) in [4.78, 5) is 15.5. The summed E-state index contributed by atoms with van der Waals surface area (Å²) in [6, 6.07) is 1.60. The summed E-state index contributed by atoms with van der Waals surface area (Å²) in [5.41, 5.74) is 0.565. The summed E-state index contributed by atoms with van der Waals surface area (Å²) < 4.78 is 27.0. The van der Waals surface area contributed by atoms with E-state index in [1.165, 1.54) is 11.3 Å². The van der Waals surface area contributed by atoms with Crippen LogP contribution in [0, 0.1) is 22.5 Å². The van der Waals surface area contributed by atoms with Gasteiger partial charge in [0.1, 0.15) is 5.82 Å². The first-order chi connectivity index (χ1) is 9.36. The van der Waals surface area contributed by atoms with Crippen LogP contribution in [0.25, 0.3) is 0 Å². The number of halogens is 3. The molecule has 0 spiro atoms. The van der Waals surface area contributed by atoms with E-state index >= 15 is 0 Å². The van der Waals surface area contributed by atoms with Crippen molar-refractivity contribution in [1.29, 1.82) is 0 Å². The molecule has 8 heteroatoms. The number of anilines is 1. The average molecular weight is 335 g/mol. The number of amides is 1. The third-order valence-electron chi connectivity index (χ3n) is 2.52. The number of nitrogens with one attached hydrogen (secondary N) is 2. The molecule has 0 aliphatic rings. The minimum atomic E-state index is -0.915. The zero-order valence-corrected chi connectivity index (χ0v) is 12.6. The second-order valence-electron chi connectivity index (χ2n) is 4.03. The molecule has 20 heavy (non-hydrogen) atoms. The maximum absolute atomic E-state index is 13.5. The van der Waals surface area contributed by atoms with Crippen LogP contribution in [-0.4, -0.2) is 10.9 Å². The lowest BCUT2D eigenvalue weighted by Gasteiger charge is -2.08. The third kappa shape index (κ3) is 3.41. The number of thiazole rings is 1. The molecule has 106 valence electrons. The number of aryl methyl sites for hydroxylation is 1. The van der Waals surface area contributed by atoms with Gasteiger partial charge in [0.25, 0.3) is 0 Å². The van der Waals surface area contributed by atoms with Gasteiger partial charge in [-0.25, -0.2) is 8.78 Å². The van der Waals surface area contributed by atoms with Crippen LogP contribution in [0.15, 0.2) is 12.1 Å². The lowest BCUT2D eigenvalue weighted by atomic mass is 10.2. The van der Waals surface area contributed by atoms with Crippen molar-refractivity contribution in [1.82, 2.24) is 4.98 Å². The van der Waals surface area contributed by atoms with Gasteiger partial charge in [-0.1, -0.05) is 11.6 Å². The van der Waals surface area contributed by atoms with Crippen molar-refractivity contribution in [3.05, 3.63) is 43.3 Å². The molecule has 0 atom stereocenters. The van der Waals surface area contributed by atoms with E-state index < -0.39 is 17.5 Å². The molecule has 0 unspecified atom stereocenters. The van der Waals surface area contributed by atoms with Crippen LogP contribution in [-0.2, 0) is 11.2 Å². The molecular weight excluding hydrogens is 326 g/mol. The molecule has 2 rings (SSSR count). The second-order valence-corrected chi connectivity index (χ2v) is 6.21. The lowest BCUT2D eigenvalue weighted by molar-refractivity contribution is -0.115. The Morgan fingerprint density at radius 1 is 1.50 bits per heavy atom. The van der Waals surface area contributed by atoms with Gasteiger partial charge in [0.15, 0.2) is 9.77 Å². The summed E-state index contributed by atoms with van der Waals surface area (Å²) >= 11 is 11.9. The average Bonchev–Trinajstić information content (AvgIpc) is 2.62. The van der Waals surface area contributed by atoms with E-state index in [1.807, 2.05) is 0 Å². The number of aromatic amines is 1. The first kappa shape index (κ1) is 15.1. The van der Waals surface area contributed by atoms with Crippen molar-refractivity contribution in [2.45, 2.75) is 13.3 Å². The number of rotatable bonds is 3. The molecule has 2 aromatic rings. The summed E-state index contributed by atoms with van der Waals surface area (Å²) in [7, 11) is 0. The Balaban J connectivity index is 2.17. The number of hydrogen-bond acceptors (Lipinski definition) is 3. The molecule has 1 aromatic carbocycles. The smallest absolute Gasteiger partial charge is 0.229 e. The molecule has 3 nitrogen and oxygen atoms in total. The Labute approximate surface area is 127 Å². The summed E-state index contributed by atoms with van der Waals surface area (Å²) in [6.45, 7) is 1.79. The van der Waals surface area contributed by atoms with E-state index in [0.717, 1.165) is 16.6 Å². The lowest BCUT2D eigenvalue weighted by Crippen LogP contribution is -2.15. The first-order valence-corrected chi connectivity index (χ1v) is 7.10. The van der Waals surface area contributed by atoms with Crippen LogP contribution in [0.1, 0.15) is 10.6 Å². The van der Waals surface area contributed by atoms with Crippen LogP contribution in [0.4, 0.5) is 14.5 Å². The van der Waals surface area contributed by atoms with Crippen LogP contribution in [0.3, 0.4) is 0 Å². The van der Waals surface area contributed by atoms with Gasteiger partial charge in [-0.15, -0.1) is 11.3 Å². The van der Waals surface area contributed by atoms with Crippen LogP contribution >= 0.6 is 35.2 Å². The largest absolute Gasteiger partial charge is 0.341 e. The number of benzene rings is 1. The number of carbonyl (C=O) groups is 1. The Morgan fingerprint density at radius 3 is 2.75 bits per heavy atom. The van der Waals surface area contributed by atoms with Gasteiger partial charge >= 0.3 is 0 Å². The highest BCUT2D eigenvalue weighted by atomic mass is 35.5. The first-order valence-electron chi connectivity index (χ1n) is 5.50. The number of aromatic nitrogens is 1. The minimum absolute atomic E-state index is 0.0385. The third-order valence-corrected chi connectivity index (χ3v) is 4.15. The van der Waals surface area contributed by atoms with Gasteiger partial charge in [-0.05, 0) is 25.2 Å². The van der Waals surface area contributed by atoms with E-state index in [0.29, 0.717) is 10.0 Å². The van der Waals surface area contributed by atoms with Crippen LogP contribution in [0.2, 0.25) is 5.02 Å². The molecule has 1 heterocycles. The van der Waals surface area contributed by atoms with Crippen LogP contribution in [0.5, 0.6) is 0 Å². The summed E-state index contributed by atoms with van der Waals surface area (Å²) in [5, 5.41) is 2.15. The molecule has 0 aliphatic carbocycles. The Kier molecular flexibility index (Phi) is 4.52. The fraction of sp³-hybridized carbons (Fsp3) is 0.167. The summed E-state index contributed by atoms with van der Waals surface area (Å²) in [6.07, 6.45) is 0.0385. The van der Waals surface area contributed by atoms with Crippen molar-refractivity contribution in [2.24, 2.45) is 0 Å². The highest BCUT2D eigenvalue weighted by Gasteiger charge is 2.15. The monoisotopic (exact) mass is 334 g/mol. The van der Waals surface area contributed by atoms with Gasteiger partial charge in [0.2, 0.25) is 5.91 Å².